The summed E-state index contributed by atoms with van der Waals surface area (Å²) in [4.78, 5) is 29.3. The number of benzene rings is 1. The van der Waals surface area contributed by atoms with Gasteiger partial charge in [0.1, 0.15) is 5.76 Å². The smallest absolute Gasteiger partial charge is 0.295 e. The first kappa shape index (κ1) is 22.3. The number of aliphatic hydroxyl groups is 1. The highest BCUT2D eigenvalue weighted by Gasteiger charge is 2.46. The number of amides is 1. The van der Waals surface area contributed by atoms with Gasteiger partial charge in [-0.3, -0.25) is 14.3 Å². The Bertz CT molecular complexity index is 1060. The number of rotatable bonds is 5. The third-order valence-corrected chi connectivity index (χ3v) is 6.07. The van der Waals surface area contributed by atoms with Crippen LogP contribution in [0.1, 0.15) is 28.6 Å². The van der Waals surface area contributed by atoms with Gasteiger partial charge < -0.3 is 14.9 Å². The van der Waals surface area contributed by atoms with Crippen molar-refractivity contribution in [2.75, 3.05) is 27.2 Å². The lowest BCUT2D eigenvalue weighted by molar-refractivity contribution is -0.140. The topological polar surface area (TPSA) is 78.7 Å². The molecule has 2 aromatic rings. The minimum absolute atomic E-state index is 0.0244. The van der Waals surface area contributed by atoms with Crippen LogP contribution in [0.15, 0.2) is 23.8 Å². The molecule has 1 amide bonds. The minimum Gasteiger partial charge on any atom is -0.507 e. The summed E-state index contributed by atoms with van der Waals surface area (Å²) in [5, 5.41) is 16.2. The fraction of sp³-hybridized carbons (Fsp3) is 0.381. The van der Waals surface area contributed by atoms with Gasteiger partial charge in [0.2, 0.25) is 0 Å². The first-order valence-corrected chi connectivity index (χ1v) is 10.2. The number of nitrogens with zero attached hydrogens (tertiary/aromatic N) is 4. The van der Waals surface area contributed by atoms with Crippen LogP contribution in [0.4, 0.5) is 0 Å². The number of carbonyl (C=O) groups is 2. The summed E-state index contributed by atoms with van der Waals surface area (Å²) < 4.78 is 1.63. The lowest BCUT2D eigenvalue weighted by atomic mass is 9.94. The van der Waals surface area contributed by atoms with Crippen LogP contribution in [0.25, 0.3) is 5.76 Å². The molecule has 1 atom stereocenters. The van der Waals surface area contributed by atoms with E-state index < -0.39 is 17.7 Å². The molecule has 0 bridgehead atoms. The summed E-state index contributed by atoms with van der Waals surface area (Å²) in [6, 6.07) is 4.17. The van der Waals surface area contributed by atoms with Gasteiger partial charge in [-0.15, -0.1) is 0 Å². The Hall–Kier alpha value is -2.35. The Labute approximate surface area is 185 Å². The molecule has 3 rings (SSSR count). The van der Waals surface area contributed by atoms with Crippen molar-refractivity contribution in [1.29, 1.82) is 0 Å². The second-order valence-corrected chi connectivity index (χ2v) is 8.45. The van der Waals surface area contributed by atoms with Crippen molar-refractivity contribution in [2.45, 2.75) is 19.9 Å². The van der Waals surface area contributed by atoms with Gasteiger partial charge in [-0.1, -0.05) is 29.3 Å². The standard InChI is InChI=1S/C21H24Cl2N4O3/c1-11-16(12(2)26(5)24-11)19(28)17-18(13-6-7-14(22)15(23)10-13)27(9-8-25(3)4)21(30)20(17)29/h6-7,10,18,28H,8-9H2,1-5H3/t18-/m1/s1. The number of aryl methyl sites for hydroxylation is 2. The summed E-state index contributed by atoms with van der Waals surface area (Å²) in [7, 11) is 5.52. The fourth-order valence-corrected chi connectivity index (χ4v) is 4.00. The number of hydrogen-bond donors (Lipinski definition) is 1. The van der Waals surface area contributed by atoms with E-state index in [1.165, 1.54) is 4.90 Å². The van der Waals surface area contributed by atoms with Crippen LogP contribution in [-0.2, 0) is 16.6 Å². The molecular weight excluding hydrogens is 427 g/mol. The average Bonchev–Trinajstić information content (AvgIpc) is 3.07. The largest absolute Gasteiger partial charge is 0.507 e. The summed E-state index contributed by atoms with van der Waals surface area (Å²) in [6.45, 7) is 4.41. The second kappa shape index (κ2) is 8.41. The van der Waals surface area contributed by atoms with Crippen LogP contribution in [0.2, 0.25) is 10.0 Å². The van der Waals surface area contributed by atoms with E-state index in [0.29, 0.717) is 45.6 Å². The van der Waals surface area contributed by atoms with Crippen molar-refractivity contribution in [2.24, 2.45) is 7.05 Å². The van der Waals surface area contributed by atoms with Crippen molar-refractivity contribution in [3.8, 4) is 0 Å². The van der Waals surface area contributed by atoms with Gasteiger partial charge in [-0.05, 0) is 45.6 Å². The molecule has 1 fully saturated rings. The van der Waals surface area contributed by atoms with E-state index in [1.807, 2.05) is 19.0 Å². The number of likely N-dealkylation sites (tertiary alicyclic amines) is 1. The van der Waals surface area contributed by atoms with E-state index >= 15 is 0 Å². The van der Waals surface area contributed by atoms with E-state index in [0.717, 1.165) is 0 Å². The molecule has 160 valence electrons. The predicted molar refractivity (Wildman–Crippen MR) is 117 cm³/mol. The highest BCUT2D eigenvalue weighted by Crippen LogP contribution is 2.41. The minimum atomic E-state index is -0.779. The summed E-state index contributed by atoms with van der Waals surface area (Å²) in [5.41, 5.74) is 2.34. The van der Waals surface area contributed by atoms with Gasteiger partial charge >= 0.3 is 0 Å². The summed E-state index contributed by atoms with van der Waals surface area (Å²) in [5.74, 6) is -1.63. The molecule has 1 aliphatic rings. The van der Waals surface area contributed by atoms with Crippen LogP contribution in [-0.4, -0.2) is 63.6 Å². The molecule has 30 heavy (non-hydrogen) atoms. The maximum absolute atomic E-state index is 13.0. The van der Waals surface area contributed by atoms with Crippen LogP contribution in [0, 0.1) is 13.8 Å². The van der Waals surface area contributed by atoms with Gasteiger partial charge in [0.25, 0.3) is 11.7 Å². The first-order chi connectivity index (χ1) is 14.0. The molecule has 9 heteroatoms. The third kappa shape index (κ3) is 3.85. The molecule has 0 radical (unpaired) electrons. The van der Waals surface area contributed by atoms with Crippen molar-refractivity contribution in [3.05, 3.63) is 56.3 Å². The number of ketones is 1. The molecule has 2 heterocycles. The lowest BCUT2D eigenvalue weighted by Gasteiger charge is -2.26. The Morgan fingerprint density at radius 1 is 1.20 bits per heavy atom. The molecule has 0 aliphatic carbocycles. The van der Waals surface area contributed by atoms with Gasteiger partial charge in [-0.2, -0.15) is 5.10 Å². The van der Waals surface area contributed by atoms with Gasteiger partial charge in [0.05, 0.1) is 32.9 Å². The average molecular weight is 451 g/mol. The zero-order valence-electron chi connectivity index (χ0n) is 17.5. The Morgan fingerprint density at radius 3 is 2.40 bits per heavy atom. The zero-order valence-corrected chi connectivity index (χ0v) is 19.0. The molecular formula is C21H24Cl2N4O3. The SMILES string of the molecule is Cc1nn(C)c(C)c1C(O)=C1C(=O)C(=O)N(CCN(C)C)[C@@H]1c1ccc(Cl)c(Cl)c1. The molecule has 1 aromatic heterocycles. The van der Waals surface area contributed by atoms with Crippen molar-refractivity contribution >= 4 is 40.7 Å². The molecule has 1 N–H and O–H groups in total. The van der Waals surface area contributed by atoms with Crippen LogP contribution in [0.5, 0.6) is 0 Å². The van der Waals surface area contributed by atoms with Gasteiger partial charge in [0, 0.05) is 25.8 Å². The number of aliphatic hydroxyl groups excluding tert-OH is 1. The lowest BCUT2D eigenvalue weighted by Crippen LogP contribution is -2.35. The number of halogens is 2. The number of hydrogen-bond acceptors (Lipinski definition) is 5. The summed E-state index contributed by atoms with van der Waals surface area (Å²) in [6.07, 6.45) is 0. The maximum Gasteiger partial charge on any atom is 0.295 e. The molecule has 1 aliphatic heterocycles. The number of Topliss-reactive ketones (excluding diaryl/α,β-unsaturated/α-hetero) is 1. The number of aromatic nitrogens is 2. The van der Waals surface area contributed by atoms with Crippen molar-refractivity contribution < 1.29 is 14.7 Å². The van der Waals surface area contributed by atoms with Gasteiger partial charge in [-0.25, -0.2) is 0 Å². The second-order valence-electron chi connectivity index (χ2n) is 7.64. The van der Waals surface area contributed by atoms with Crippen molar-refractivity contribution in [1.82, 2.24) is 19.6 Å². The maximum atomic E-state index is 13.0. The van der Waals surface area contributed by atoms with Crippen LogP contribution < -0.4 is 0 Å². The van der Waals surface area contributed by atoms with E-state index in [-0.39, 0.29) is 11.3 Å². The van der Waals surface area contributed by atoms with E-state index in [9.17, 15) is 14.7 Å². The third-order valence-electron chi connectivity index (χ3n) is 5.33. The molecule has 0 saturated carbocycles. The number of carbonyl (C=O) groups excluding carboxylic acids is 2. The van der Waals surface area contributed by atoms with E-state index in [1.54, 1.807) is 43.8 Å². The molecule has 0 unspecified atom stereocenters. The highest BCUT2D eigenvalue weighted by atomic mass is 35.5. The quantitative estimate of drug-likeness (QED) is 0.429. The van der Waals surface area contributed by atoms with Crippen LogP contribution in [0.3, 0.4) is 0 Å². The molecule has 1 saturated heterocycles. The fourth-order valence-electron chi connectivity index (χ4n) is 3.70. The van der Waals surface area contributed by atoms with Gasteiger partial charge in [0.15, 0.2) is 0 Å². The van der Waals surface area contributed by atoms with Crippen molar-refractivity contribution in [3.63, 3.8) is 0 Å². The van der Waals surface area contributed by atoms with E-state index in [2.05, 4.69) is 5.10 Å². The Morgan fingerprint density at radius 2 is 1.87 bits per heavy atom. The number of likely N-dealkylation sites (N-methyl/N-ethyl adjacent to an activating group) is 1. The molecule has 1 aromatic carbocycles. The molecule has 7 nitrogen and oxygen atoms in total. The summed E-state index contributed by atoms with van der Waals surface area (Å²) >= 11 is 12.3. The monoisotopic (exact) mass is 450 g/mol. The Balaban J connectivity index is 2.23. The zero-order chi connectivity index (χ0) is 22.3. The molecule has 0 spiro atoms. The Kier molecular flexibility index (Phi) is 6.26. The van der Waals surface area contributed by atoms with E-state index in [4.69, 9.17) is 23.2 Å². The normalized spacial score (nSPS) is 18.7. The highest BCUT2D eigenvalue weighted by molar-refractivity contribution is 6.47. The predicted octanol–water partition coefficient (Wildman–Crippen LogP) is 3.33. The van der Waals surface area contributed by atoms with Crippen LogP contribution >= 0.6 is 23.2 Å². The first-order valence-electron chi connectivity index (χ1n) is 9.43.